The van der Waals surface area contributed by atoms with E-state index in [2.05, 4.69) is 35.9 Å². The maximum absolute atomic E-state index is 11.7. The normalized spacial score (nSPS) is 20.5. The molecule has 0 radical (unpaired) electrons. The lowest BCUT2D eigenvalue weighted by Gasteiger charge is -2.30. The molecule has 0 heterocycles. The molecule has 0 spiro atoms. The molecule has 1 aromatic rings. The minimum absolute atomic E-state index is 0.0480. The molecule has 1 aliphatic rings. The van der Waals surface area contributed by atoms with Gasteiger partial charge in [-0.3, -0.25) is 9.79 Å². The molecule has 2 rings (SSSR count). The summed E-state index contributed by atoms with van der Waals surface area (Å²) in [5.74, 6) is 1.71. The number of nitrogens with one attached hydrogen (secondary N) is 3. The monoisotopic (exact) mass is 358 g/mol. The van der Waals surface area contributed by atoms with E-state index in [1.807, 2.05) is 18.2 Å². The van der Waals surface area contributed by atoms with Crippen LogP contribution in [-0.2, 0) is 6.42 Å². The smallest absolute Gasteiger partial charge is 0.251 e. The third kappa shape index (κ3) is 6.36. The lowest BCUT2D eigenvalue weighted by atomic mass is 9.84. The highest BCUT2D eigenvalue weighted by molar-refractivity contribution is 5.94. The number of hydrogen-bond donors (Lipinski definition) is 3. The quantitative estimate of drug-likeness (QED) is 0.518. The van der Waals surface area contributed by atoms with E-state index in [4.69, 9.17) is 4.99 Å². The number of carbonyl (C=O) groups is 1. The third-order valence-electron chi connectivity index (χ3n) is 5.13. The average Bonchev–Trinajstić information content (AvgIpc) is 2.68. The standard InChI is InChI=1S/C21H34N4O/c1-4-16-8-7-11-19(15-16)25-21(23-5-2)24-13-12-17-9-6-10-18(14-17)20(26)22-3/h6,9-10,14,16,19H,4-5,7-8,11-13,15H2,1-3H3,(H,22,26)(H2,23,24,25). The fourth-order valence-corrected chi connectivity index (χ4v) is 3.62. The molecule has 26 heavy (non-hydrogen) atoms. The molecule has 1 aromatic carbocycles. The molecule has 5 nitrogen and oxygen atoms in total. The van der Waals surface area contributed by atoms with Crippen molar-refractivity contribution in [3.05, 3.63) is 35.4 Å². The van der Waals surface area contributed by atoms with E-state index >= 15 is 0 Å². The number of amides is 1. The molecule has 1 saturated carbocycles. The summed E-state index contributed by atoms with van der Waals surface area (Å²) in [6, 6.07) is 8.30. The summed E-state index contributed by atoms with van der Waals surface area (Å²) in [6.45, 7) is 5.96. The highest BCUT2D eigenvalue weighted by Gasteiger charge is 2.21. The van der Waals surface area contributed by atoms with E-state index in [0.29, 0.717) is 18.2 Å². The van der Waals surface area contributed by atoms with Crippen LogP contribution in [0.3, 0.4) is 0 Å². The first-order chi connectivity index (χ1) is 12.7. The molecule has 1 fully saturated rings. The van der Waals surface area contributed by atoms with Gasteiger partial charge in [0.1, 0.15) is 0 Å². The third-order valence-corrected chi connectivity index (χ3v) is 5.13. The zero-order valence-electron chi connectivity index (χ0n) is 16.5. The maximum Gasteiger partial charge on any atom is 0.251 e. The van der Waals surface area contributed by atoms with Crippen molar-refractivity contribution >= 4 is 11.9 Å². The number of carbonyl (C=O) groups excluding carboxylic acids is 1. The number of nitrogens with zero attached hydrogens (tertiary/aromatic N) is 1. The molecule has 0 bridgehead atoms. The molecule has 1 aliphatic carbocycles. The number of rotatable bonds is 7. The van der Waals surface area contributed by atoms with Gasteiger partial charge in [-0.05, 0) is 49.8 Å². The number of aliphatic imine (C=N–C) groups is 1. The molecule has 1 amide bonds. The second-order valence-corrected chi connectivity index (χ2v) is 7.07. The van der Waals surface area contributed by atoms with E-state index in [-0.39, 0.29) is 5.91 Å². The molecule has 0 aliphatic heterocycles. The Balaban J connectivity index is 1.91. The first kappa shape index (κ1) is 20.3. The fraction of sp³-hybridized carbons (Fsp3) is 0.619. The number of hydrogen-bond acceptors (Lipinski definition) is 2. The van der Waals surface area contributed by atoms with Gasteiger partial charge in [-0.2, -0.15) is 0 Å². The second kappa shape index (κ2) is 10.8. The van der Waals surface area contributed by atoms with Crippen molar-refractivity contribution in [2.75, 3.05) is 20.1 Å². The number of guanidine groups is 1. The Bertz CT molecular complexity index is 599. The minimum atomic E-state index is -0.0480. The summed E-state index contributed by atoms with van der Waals surface area (Å²) >= 11 is 0. The first-order valence-corrected chi connectivity index (χ1v) is 10.0. The number of benzene rings is 1. The SMILES string of the molecule is CCNC(=NCCc1cccc(C(=O)NC)c1)NC1CCCC(CC)C1. The first-order valence-electron chi connectivity index (χ1n) is 10.0. The molecule has 0 aromatic heterocycles. The Morgan fingerprint density at radius 3 is 2.85 bits per heavy atom. The highest BCUT2D eigenvalue weighted by atomic mass is 16.1. The second-order valence-electron chi connectivity index (χ2n) is 7.07. The Kier molecular flexibility index (Phi) is 8.45. The minimum Gasteiger partial charge on any atom is -0.357 e. The van der Waals surface area contributed by atoms with Gasteiger partial charge in [0, 0.05) is 31.7 Å². The topological polar surface area (TPSA) is 65.5 Å². The van der Waals surface area contributed by atoms with E-state index < -0.39 is 0 Å². The van der Waals surface area contributed by atoms with E-state index in [0.717, 1.165) is 30.4 Å². The summed E-state index contributed by atoms with van der Waals surface area (Å²) in [6.07, 6.45) is 7.24. The predicted octanol–water partition coefficient (Wildman–Crippen LogP) is 3.11. The molecular formula is C21H34N4O. The maximum atomic E-state index is 11.7. The summed E-state index contributed by atoms with van der Waals surface area (Å²) in [4.78, 5) is 16.5. The molecular weight excluding hydrogens is 324 g/mol. The van der Waals surface area contributed by atoms with E-state index in [1.165, 1.54) is 32.1 Å². The van der Waals surface area contributed by atoms with E-state index in [9.17, 15) is 4.79 Å². The predicted molar refractivity (Wildman–Crippen MR) is 109 cm³/mol. The van der Waals surface area contributed by atoms with Crippen molar-refractivity contribution < 1.29 is 4.79 Å². The highest BCUT2D eigenvalue weighted by Crippen LogP contribution is 2.26. The van der Waals surface area contributed by atoms with Gasteiger partial charge in [-0.25, -0.2) is 0 Å². The van der Waals surface area contributed by atoms with Crippen LogP contribution in [0.25, 0.3) is 0 Å². The van der Waals surface area contributed by atoms with Crippen LogP contribution >= 0.6 is 0 Å². The molecule has 5 heteroatoms. The van der Waals surface area contributed by atoms with Gasteiger partial charge < -0.3 is 16.0 Å². The zero-order valence-corrected chi connectivity index (χ0v) is 16.5. The van der Waals surface area contributed by atoms with Crippen molar-refractivity contribution in [1.82, 2.24) is 16.0 Å². The van der Waals surface area contributed by atoms with Crippen LogP contribution in [0.1, 0.15) is 61.9 Å². The largest absolute Gasteiger partial charge is 0.357 e. The van der Waals surface area contributed by atoms with Gasteiger partial charge in [0.2, 0.25) is 0 Å². The Morgan fingerprint density at radius 2 is 2.12 bits per heavy atom. The Hall–Kier alpha value is -2.04. The van der Waals surface area contributed by atoms with Gasteiger partial charge >= 0.3 is 0 Å². The van der Waals surface area contributed by atoms with Crippen molar-refractivity contribution in [1.29, 1.82) is 0 Å². The van der Waals surface area contributed by atoms with Crippen LogP contribution in [0.15, 0.2) is 29.3 Å². The molecule has 2 unspecified atom stereocenters. The summed E-state index contributed by atoms with van der Waals surface area (Å²) < 4.78 is 0. The Morgan fingerprint density at radius 1 is 1.27 bits per heavy atom. The summed E-state index contributed by atoms with van der Waals surface area (Å²) in [5.41, 5.74) is 1.83. The van der Waals surface area contributed by atoms with Crippen LogP contribution in [0.2, 0.25) is 0 Å². The van der Waals surface area contributed by atoms with Crippen LogP contribution in [-0.4, -0.2) is 38.0 Å². The van der Waals surface area contributed by atoms with Crippen LogP contribution in [0, 0.1) is 5.92 Å². The average molecular weight is 359 g/mol. The van der Waals surface area contributed by atoms with Gasteiger partial charge in [-0.15, -0.1) is 0 Å². The zero-order chi connectivity index (χ0) is 18.8. The van der Waals surface area contributed by atoms with Gasteiger partial charge in [0.25, 0.3) is 5.91 Å². The summed E-state index contributed by atoms with van der Waals surface area (Å²) in [5, 5.41) is 9.65. The van der Waals surface area contributed by atoms with Crippen LogP contribution in [0.5, 0.6) is 0 Å². The molecule has 2 atom stereocenters. The lowest BCUT2D eigenvalue weighted by molar-refractivity contribution is 0.0963. The lowest BCUT2D eigenvalue weighted by Crippen LogP contribution is -2.45. The molecule has 0 saturated heterocycles. The van der Waals surface area contributed by atoms with Crippen molar-refractivity contribution in [2.45, 2.75) is 58.4 Å². The van der Waals surface area contributed by atoms with E-state index in [1.54, 1.807) is 7.05 Å². The fourth-order valence-electron chi connectivity index (χ4n) is 3.62. The van der Waals surface area contributed by atoms with Crippen LogP contribution in [0.4, 0.5) is 0 Å². The van der Waals surface area contributed by atoms with Crippen molar-refractivity contribution in [2.24, 2.45) is 10.9 Å². The van der Waals surface area contributed by atoms with Crippen LogP contribution < -0.4 is 16.0 Å². The van der Waals surface area contributed by atoms with Crippen molar-refractivity contribution in [3.63, 3.8) is 0 Å². The Labute approximate surface area is 158 Å². The summed E-state index contributed by atoms with van der Waals surface area (Å²) in [7, 11) is 1.65. The molecule has 144 valence electrons. The molecule has 3 N–H and O–H groups in total. The van der Waals surface area contributed by atoms with Gasteiger partial charge in [0.15, 0.2) is 5.96 Å². The van der Waals surface area contributed by atoms with Gasteiger partial charge in [-0.1, -0.05) is 38.3 Å². The van der Waals surface area contributed by atoms with Gasteiger partial charge in [0.05, 0.1) is 0 Å². The van der Waals surface area contributed by atoms with Crippen molar-refractivity contribution in [3.8, 4) is 0 Å².